The van der Waals surface area contributed by atoms with E-state index < -0.39 is 0 Å². The van der Waals surface area contributed by atoms with Crippen molar-refractivity contribution in [3.8, 4) is 0 Å². The summed E-state index contributed by atoms with van der Waals surface area (Å²) < 4.78 is 0.963. The summed E-state index contributed by atoms with van der Waals surface area (Å²) in [6, 6.07) is 7.30. The van der Waals surface area contributed by atoms with E-state index in [0.717, 1.165) is 4.47 Å². The number of aromatic nitrogens is 2. The molecule has 2 rings (SSSR count). The highest BCUT2D eigenvalue weighted by molar-refractivity contribution is 9.10. The number of aromatic amines is 1. The molecule has 1 N–H and O–H groups in total. The summed E-state index contributed by atoms with van der Waals surface area (Å²) >= 11 is 4.69. The van der Waals surface area contributed by atoms with E-state index in [9.17, 15) is 4.79 Å². The van der Waals surface area contributed by atoms with Gasteiger partial charge < -0.3 is 0 Å². The number of hydrogen-bond acceptors (Lipinski definition) is 5. The first-order valence-corrected chi connectivity index (χ1v) is 7.01. The molecule has 7 heteroatoms. The van der Waals surface area contributed by atoms with Crippen LogP contribution < -0.4 is 5.56 Å². The fourth-order valence-corrected chi connectivity index (χ4v) is 1.78. The number of halogens is 1. The highest BCUT2D eigenvalue weighted by atomic mass is 79.9. The number of azo groups is 1. The average molecular weight is 325 g/mol. The first-order chi connectivity index (χ1) is 8.69. The Bertz CT molecular complexity index is 624. The van der Waals surface area contributed by atoms with Gasteiger partial charge in [-0.2, -0.15) is 5.11 Å². The summed E-state index contributed by atoms with van der Waals surface area (Å²) in [5, 5.41) is 8.40. The summed E-state index contributed by atoms with van der Waals surface area (Å²) in [4.78, 5) is 18.2. The molecular formula is C11H9BrN4OS. The molecule has 1 heterocycles. The third-order valence-electron chi connectivity index (χ3n) is 2.05. The summed E-state index contributed by atoms with van der Waals surface area (Å²) in [6.45, 7) is 0. The maximum Gasteiger partial charge on any atom is 0.279 e. The lowest BCUT2D eigenvalue weighted by Gasteiger charge is -1.95. The molecule has 1 aromatic heterocycles. The standard InChI is InChI=1S/C11H9BrN4OS/c1-18-11-13-6-9(10(17)14-11)16-15-8-4-2-7(12)3-5-8/h2-6H,1H3,(H,13,14,17). The zero-order valence-corrected chi connectivity index (χ0v) is 11.8. The van der Waals surface area contributed by atoms with Crippen molar-refractivity contribution in [2.45, 2.75) is 5.16 Å². The summed E-state index contributed by atoms with van der Waals surface area (Å²) in [5.41, 5.74) is 0.567. The van der Waals surface area contributed by atoms with Crippen LogP contribution in [0.25, 0.3) is 0 Å². The highest BCUT2D eigenvalue weighted by Gasteiger charge is 2.00. The van der Waals surface area contributed by atoms with Crippen molar-refractivity contribution in [1.29, 1.82) is 0 Å². The van der Waals surface area contributed by atoms with Gasteiger partial charge in [-0.05, 0) is 30.5 Å². The van der Waals surface area contributed by atoms with Crippen LogP contribution in [0, 0.1) is 0 Å². The van der Waals surface area contributed by atoms with Crippen LogP contribution in [0.4, 0.5) is 11.4 Å². The van der Waals surface area contributed by atoms with E-state index >= 15 is 0 Å². The summed E-state index contributed by atoms with van der Waals surface area (Å²) in [7, 11) is 0. The van der Waals surface area contributed by atoms with Gasteiger partial charge in [0.2, 0.25) is 0 Å². The van der Waals surface area contributed by atoms with E-state index in [2.05, 4.69) is 36.1 Å². The Morgan fingerprint density at radius 2 is 2.00 bits per heavy atom. The lowest BCUT2D eigenvalue weighted by Crippen LogP contribution is -2.06. The number of nitrogens with one attached hydrogen (secondary N) is 1. The third-order valence-corrected chi connectivity index (χ3v) is 3.17. The van der Waals surface area contributed by atoms with E-state index in [0.29, 0.717) is 10.8 Å². The predicted octanol–water partition coefficient (Wildman–Crippen LogP) is 3.67. The topological polar surface area (TPSA) is 70.5 Å². The summed E-state index contributed by atoms with van der Waals surface area (Å²) in [6.07, 6.45) is 3.24. The van der Waals surface area contributed by atoms with Crippen LogP contribution in [-0.2, 0) is 0 Å². The Labute approximate surface area is 116 Å². The Morgan fingerprint density at radius 3 is 2.61 bits per heavy atom. The van der Waals surface area contributed by atoms with Crippen molar-refractivity contribution in [3.63, 3.8) is 0 Å². The quantitative estimate of drug-likeness (QED) is 0.532. The number of H-pyrrole nitrogens is 1. The zero-order chi connectivity index (χ0) is 13.0. The van der Waals surface area contributed by atoms with E-state index in [1.54, 1.807) is 12.1 Å². The Hall–Kier alpha value is -1.47. The van der Waals surface area contributed by atoms with Crippen LogP contribution in [0.1, 0.15) is 0 Å². The van der Waals surface area contributed by atoms with Gasteiger partial charge >= 0.3 is 0 Å². The molecule has 5 nitrogen and oxygen atoms in total. The van der Waals surface area contributed by atoms with Gasteiger partial charge in [-0.15, -0.1) is 5.11 Å². The lowest BCUT2D eigenvalue weighted by atomic mass is 10.3. The van der Waals surface area contributed by atoms with E-state index in [-0.39, 0.29) is 11.2 Å². The third kappa shape index (κ3) is 3.27. The Kier molecular flexibility index (Phi) is 4.27. The number of hydrogen-bond donors (Lipinski definition) is 1. The molecule has 0 aliphatic carbocycles. The molecule has 0 atom stereocenters. The second-order valence-electron chi connectivity index (χ2n) is 3.28. The first-order valence-electron chi connectivity index (χ1n) is 4.99. The number of nitrogens with zero attached hydrogens (tertiary/aromatic N) is 3. The van der Waals surface area contributed by atoms with Gasteiger partial charge in [0, 0.05) is 4.47 Å². The molecule has 0 aliphatic rings. The fourth-order valence-electron chi connectivity index (χ4n) is 1.17. The monoisotopic (exact) mass is 324 g/mol. The van der Waals surface area contributed by atoms with Crippen LogP contribution in [0.2, 0.25) is 0 Å². The minimum Gasteiger partial charge on any atom is -0.300 e. The van der Waals surface area contributed by atoms with Gasteiger partial charge in [0.25, 0.3) is 5.56 Å². The molecule has 0 amide bonds. The maximum atomic E-state index is 11.6. The minimum atomic E-state index is -0.296. The molecule has 0 aliphatic heterocycles. The fraction of sp³-hybridized carbons (Fsp3) is 0.0909. The van der Waals surface area contributed by atoms with Gasteiger partial charge in [-0.3, -0.25) is 9.78 Å². The molecule has 0 fully saturated rings. The molecule has 0 spiro atoms. The number of benzene rings is 1. The van der Waals surface area contributed by atoms with Gasteiger partial charge in [0.1, 0.15) is 0 Å². The minimum absolute atomic E-state index is 0.190. The van der Waals surface area contributed by atoms with Gasteiger partial charge in [-0.25, -0.2) is 4.98 Å². The lowest BCUT2D eigenvalue weighted by molar-refractivity contribution is 0.931. The van der Waals surface area contributed by atoms with Crippen molar-refractivity contribution in [1.82, 2.24) is 9.97 Å². The molecule has 2 aromatic rings. The van der Waals surface area contributed by atoms with Crippen molar-refractivity contribution >= 4 is 39.1 Å². The smallest absolute Gasteiger partial charge is 0.279 e. The largest absolute Gasteiger partial charge is 0.300 e. The van der Waals surface area contributed by atoms with Crippen LogP contribution in [0.15, 0.2) is 55.1 Å². The summed E-state index contributed by atoms with van der Waals surface area (Å²) in [5.74, 6) is 0. The predicted molar refractivity (Wildman–Crippen MR) is 75.0 cm³/mol. The molecule has 18 heavy (non-hydrogen) atoms. The molecule has 0 unspecified atom stereocenters. The molecule has 0 bridgehead atoms. The van der Waals surface area contributed by atoms with E-state index in [4.69, 9.17) is 0 Å². The van der Waals surface area contributed by atoms with E-state index in [1.807, 2.05) is 18.4 Å². The molecule has 0 radical (unpaired) electrons. The highest BCUT2D eigenvalue weighted by Crippen LogP contribution is 2.18. The molecule has 92 valence electrons. The van der Waals surface area contributed by atoms with Crippen molar-refractivity contribution in [2.75, 3.05) is 6.26 Å². The SMILES string of the molecule is CSc1ncc(N=Nc2ccc(Br)cc2)c(=O)[nH]1. The second-order valence-corrected chi connectivity index (χ2v) is 4.99. The van der Waals surface area contributed by atoms with Crippen molar-refractivity contribution < 1.29 is 0 Å². The molecule has 0 saturated heterocycles. The van der Waals surface area contributed by atoms with E-state index in [1.165, 1.54) is 18.0 Å². The average Bonchev–Trinajstić information content (AvgIpc) is 2.39. The first kappa shape index (κ1) is 13.0. The van der Waals surface area contributed by atoms with Gasteiger partial charge in [-0.1, -0.05) is 27.7 Å². The van der Waals surface area contributed by atoms with Crippen molar-refractivity contribution in [2.24, 2.45) is 10.2 Å². The molecular weight excluding hydrogens is 316 g/mol. The zero-order valence-electron chi connectivity index (χ0n) is 9.42. The second kappa shape index (κ2) is 5.92. The van der Waals surface area contributed by atoms with Crippen LogP contribution in [0.3, 0.4) is 0 Å². The van der Waals surface area contributed by atoms with Crippen LogP contribution in [0.5, 0.6) is 0 Å². The van der Waals surface area contributed by atoms with Crippen molar-refractivity contribution in [3.05, 3.63) is 45.3 Å². The van der Waals surface area contributed by atoms with Gasteiger partial charge in [0.15, 0.2) is 10.8 Å². The Morgan fingerprint density at radius 1 is 1.28 bits per heavy atom. The maximum absolute atomic E-state index is 11.6. The number of rotatable bonds is 3. The molecule has 1 aromatic carbocycles. The Balaban J connectivity index is 2.23. The normalized spacial score (nSPS) is 11.0. The van der Waals surface area contributed by atoms with Crippen LogP contribution in [-0.4, -0.2) is 16.2 Å². The van der Waals surface area contributed by atoms with Crippen LogP contribution >= 0.6 is 27.7 Å². The molecule has 0 saturated carbocycles. The number of thioether (sulfide) groups is 1. The van der Waals surface area contributed by atoms with Gasteiger partial charge in [0.05, 0.1) is 11.9 Å².